The van der Waals surface area contributed by atoms with Gasteiger partial charge < -0.3 is 24.5 Å². The molecule has 192 valence electrons. The van der Waals surface area contributed by atoms with Crippen molar-refractivity contribution >= 4 is 13.7 Å². The van der Waals surface area contributed by atoms with Gasteiger partial charge in [0.15, 0.2) is 0 Å². The van der Waals surface area contributed by atoms with E-state index in [-0.39, 0.29) is 25.5 Å². The van der Waals surface area contributed by atoms with Crippen LogP contribution in [-0.2, 0) is 22.1 Å². The summed E-state index contributed by atoms with van der Waals surface area (Å²) in [7, 11) is -4.82. The molecule has 1 aliphatic heterocycles. The third kappa shape index (κ3) is 7.59. The predicted octanol–water partition coefficient (Wildman–Crippen LogP) is 4.02. The molecule has 0 bridgehead atoms. The Labute approximate surface area is 204 Å². The lowest BCUT2D eigenvalue weighted by atomic mass is 9.90. The van der Waals surface area contributed by atoms with Crippen LogP contribution in [0.5, 0.6) is 5.75 Å². The van der Waals surface area contributed by atoms with Crippen LogP contribution < -0.4 is 4.74 Å². The molecule has 0 spiro atoms. The van der Waals surface area contributed by atoms with Crippen LogP contribution in [0.4, 0.5) is 4.39 Å². The van der Waals surface area contributed by atoms with Crippen LogP contribution in [0.3, 0.4) is 0 Å². The fourth-order valence-electron chi connectivity index (χ4n) is 4.21. The Kier molecular flexibility index (Phi) is 9.83. The van der Waals surface area contributed by atoms with Gasteiger partial charge in [0.2, 0.25) is 0 Å². The number of ether oxygens (including phenoxy) is 1. The second-order valence-electron chi connectivity index (χ2n) is 8.79. The number of alkyl halides is 1. The summed E-state index contributed by atoms with van der Waals surface area (Å²) < 4.78 is 34.1. The van der Waals surface area contributed by atoms with Crippen molar-refractivity contribution < 1.29 is 37.9 Å². The molecule has 1 amide bonds. The number of phosphoric ester groups is 1. The Morgan fingerprint density at radius 2 is 1.74 bits per heavy atom. The zero-order valence-electron chi connectivity index (χ0n) is 19.6. The molecule has 0 fully saturated rings. The van der Waals surface area contributed by atoms with Gasteiger partial charge in [-0.05, 0) is 61.4 Å². The van der Waals surface area contributed by atoms with Crippen molar-refractivity contribution in [3.05, 3.63) is 65.2 Å². The average molecular weight is 510 g/mol. The van der Waals surface area contributed by atoms with Crippen LogP contribution >= 0.6 is 7.82 Å². The molecule has 3 N–H and O–H groups in total. The highest BCUT2D eigenvalue weighted by molar-refractivity contribution is 7.46. The number of aryl methyl sites for hydroxylation is 1. The highest BCUT2D eigenvalue weighted by atomic mass is 31.2. The third-order valence-corrected chi connectivity index (χ3v) is 6.75. The number of carbonyl (C=O) groups is 1. The van der Waals surface area contributed by atoms with Gasteiger partial charge in [-0.15, -0.1) is 0 Å². The molecule has 10 heteroatoms. The molecule has 0 saturated carbocycles. The van der Waals surface area contributed by atoms with Crippen molar-refractivity contribution in [3.8, 4) is 5.75 Å². The van der Waals surface area contributed by atoms with Crippen LogP contribution in [-0.4, -0.2) is 57.7 Å². The van der Waals surface area contributed by atoms with Gasteiger partial charge in [0.1, 0.15) is 5.75 Å². The third-order valence-electron chi connectivity index (χ3n) is 6.29. The van der Waals surface area contributed by atoms with E-state index in [0.29, 0.717) is 30.8 Å². The van der Waals surface area contributed by atoms with Crippen LogP contribution in [0.25, 0.3) is 0 Å². The minimum atomic E-state index is -4.82. The molecule has 1 aliphatic rings. The topological polar surface area (TPSA) is 117 Å². The van der Waals surface area contributed by atoms with Gasteiger partial charge in [0, 0.05) is 12.1 Å². The minimum absolute atomic E-state index is 0.220. The number of aliphatic hydroxyl groups excluding tert-OH is 1. The zero-order valence-corrected chi connectivity index (χ0v) is 20.5. The van der Waals surface area contributed by atoms with Gasteiger partial charge in [-0.25, -0.2) is 4.57 Å². The second-order valence-corrected chi connectivity index (χ2v) is 10.0. The Hall–Kier alpha value is -2.29. The minimum Gasteiger partial charge on any atom is -0.494 e. The number of fused-ring (bicyclic) bond motifs is 1. The number of hydrogen-bond acceptors (Lipinski definition) is 5. The lowest BCUT2D eigenvalue weighted by Gasteiger charge is -2.40. The molecule has 8 nitrogen and oxygen atoms in total. The first-order chi connectivity index (χ1) is 16.8. The summed E-state index contributed by atoms with van der Waals surface area (Å²) >= 11 is 0. The maximum absolute atomic E-state index is 13.1. The molecule has 1 heterocycles. The van der Waals surface area contributed by atoms with Crippen LogP contribution in [0.2, 0.25) is 0 Å². The molecule has 2 aromatic rings. The number of nitrogens with zero attached hydrogens (tertiary/aromatic N) is 1. The fourth-order valence-corrected chi connectivity index (χ4v) is 4.61. The first kappa shape index (κ1) is 27.3. The average Bonchev–Trinajstić information content (AvgIpc) is 3.19. The maximum atomic E-state index is 13.1. The van der Waals surface area contributed by atoms with Crippen molar-refractivity contribution in [2.75, 3.05) is 26.5 Å². The van der Waals surface area contributed by atoms with E-state index in [0.717, 1.165) is 30.4 Å². The van der Waals surface area contributed by atoms with Crippen LogP contribution in [0.15, 0.2) is 48.5 Å². The number of phosphoric acid groups is 1. The Balaban J connectivity index is 1.66. The number of hydrogen-bond donors (Lipinski definition) is 3. The molecule has 3 rings (SSSR count). The smallest absolute Gasteiger partial charge is 0.469 e. The van der Waals surface area contributed by atoms with Crippen LogP contribution in [0.1, 0.15) is 53.6 Å². The monoisotopic (exact) mass is 509 g/mol. The zero-order chi connectivity index (χ0) is 25.3. The van der Waals surface area contributed by atoms with Crippen molar-refractivity contribution in [1.29, 1.82) is 0 Å². The van der Waals surface area contributed by atoms with E-state index in [1.165, 1.54) is 4.90 Å². The van der Waals surface area contributed by atoms with Gasteiger partial charge in [0.25, 0.3) is 5.91 Å². The van der Waals surface area contributed by atoms with Gasteiger partial charge in [0.05, 0.1) is 32.0 Å². The second kappa shape index (κ2) is 12.6. The van der Waals surface area contributed by atoms with Gasteiger partial charge in [-0.3, -0.25) is 13.7 Å². The SMILES string of the molecule is O=C1c2ccccc2CN1[C@@](CO)(CCc1ccc(OCCCCCCF)cc1)COP(=O)(O)O. The normalized spacial score (nSPS) is 15.2. The van der Waals surface area contributed by atoms with Crippen molar-refractivity contribution in [3.63, 3.8) is 0 Å². The van der Waals surface area contributed by atoms with Gasteiger partial charge >= 0.3 is 7.82 Å². The number of aliphatic hydroxyl groups is 1. The van der Waals surface area contributed by atoms with E-state index in [2.05, 4.69) is 0 Å². The lowest BCUT2D eigenvalue weighted by Crippen LogP contribution is -2.55. The Morgan fingerprint density at radius 3 is 2.40 bits per heavy atom. The van der Waals surface area contributed by atoms with Gasteiger partial charge in [-0.1, -0.05) is 36.8 Å². The predicted molar refractivity (Wildman–Crippen MR) is 129 cm³/mol. The molecule has 0 aromatic heterocycles. The number of carbonyl (C=O) groups excluding carboxylic acids is 1. The largest absolute Gasteiger partial charge is 0.494 e. The molecule has 0 aliphatic carbocycles. The number of benzene rings is 2. The number of unbranched alkanes of at least 4 members (excludes halogenated alkanes) is 3. The Bertz CT molecular complexity index is 1010. The van der Waals surface area contributed by atoms with Gasteiger partial charge in [-0.2, -0.15) is 0 Å². The van der Waals surface area contributed by atoms with E-state index in [1.54, 1.807) is 12.1 Å². The van der Waals surface area contributed by atoms with E-state index in [9.17, 15) is 28.6 Å². The molecular weight excluding hydrogens is 476 g/mol. The number of rotatable bonds is 15. The van der Waals surface area contributed by atoms with Crippen molar-refractivity contribution in [1.82, 2.24) is 4.90 Å². The highest BCUT2D eigenvalue weighted by Crippen LogP contribution is 2.40. The fraction of sp³-hybridized carbons (Fsp3) is 0.480. The number of amides is 1. The molecule has 0 saturated heterocycles. The highest BCUT2D eigenvalue weighted by Gasteiger charge is 2.44. The first-order valence-electron chi connectivity index (χ1n) is 11.8. The summed E-state index contributed by atoms with van der Waals surface area (Å²) in [6, 6.07) is 14.5. The standard InChI is InChI=1S/C25H33FNO7P/c26-15-5-1-2-6-16-33-22-11-9-20(10-12-22)13-14-25(18-28,19-34-35(30,31)32)27-17-21-7-3-4-8-23(21)24(27)29/h3-4,7-12,28H,1-2,5-6,13-19H2,(H2,30,31,32)/t25-/m1/s1. The lowest BCUT2D eigenvalue weighted by molar-refractivity contribution is -0.00975. The van der Waals surface area contributed by atoms with E-state index in [4.69, 9.17) is 9.26 Å². The molecule has 2 aromatic carbocycles. The van der Waals surface area contributed by atoms with E-state index in [1.807, 2.05) is 36.4 Å². The molecule has 35 heavy (non-hydrogen) atoms. The van der Waals surface area contributed by atoms with E-state index < -0.39 is 26.6 Å². The Morgan fingerprint density at radius 1 is 1.03 bits per heavy atom. The van der Waals surface area contributed by atoms with Crippen LogP contribution in [0, 0.1) is 0 Å². The van der Waals surface area contributed by atoms with Crippen molar-refractivity contribution in [2.45, 2.75) is 50.6 Å². The summed E-state index contributed by atoms with van der Waals surface area (Å²) in [4.78, 5) is 33.1. The summed E-state index contributed by atoms with van der Waals surface area (Å²) in [6.07, 6.45) is 3.88. The quantitative estimate of drug-likeness (QED) is 0.245. The summed E-state index contributed by atoms with van der Waals surface area (Å²) in [5.41, 5.74) is 0.898. The summed E-state index contributed by atoms with van der Waals surface area (Å²) in [5, 5.41) is 10.4. The molecule has 0 unspecified atom stereocenters. The summed E-state index contributed by atoms with van der Waals surface area (Å²) in [5.74, 6) is 0.405. The number of halogens is 1. The maximum Gasteiger partial charge on any atom is 0.469 e. The molecule has 1 atom stereocenters. The van der Waals surface area contributed by atoms with Crippen molar-refractivity contribution in [2.24, 2.45) is 0 Å². The summed E-state index contributed by atoms with van der Waals surface area (Å²) in [6.45, 7) is -0.535. The first-order valence-corrected chi connectivity index (χ1v) is 13.3. The van der Waals surface area contributed by atoms with E-state index >= 15 is 0 Å². The molecular formula is C25H33FNO7P. The molecule has 0 radical (unpaired) electrons.